The van der Waals surface area contributed by atoms with Crippen molar-refractivity contribution in [2.24, 2.45) is 5.92 Å². The standard InChI is InChI=1S/C23H24N8/c24-21-20(22-27-28-29-31(22)19-9-5-2-6-10-19)16-25-23(26-21)30-13-11-18(12-14-30)15-17-7-3-1-4-8-17/h1-10,16,18H,11-15H2,(H2,24,25,26). The van der Waals surface area contributed by atoms with Crippen LogP contribution in [0, 0.1) is 5.92 Å². The molecule has 0 atom stereocenters. The second-order valence-electron chi connectivity index (χ2n) is 7.84. The normalized spacial score (nSPS) is 14.6. The number of tetrazole rings is 1. The average Bonchev–Trinajstić information content (AvgIpc) is 3.30. The quantitative estimate of drug-likeness (QED) is 0.537. The molecule has 0 radical (unpaired) electrons. The van der Waals surface area contributed by atoms with Crippen LogP contribution in [-0.2, 0) is 6.42 Å². The topological polar surface area (TPSA) is 98.6 Å². The number of aromatic nitrogens is 6. The van der Waals surface area contributed by atoms with E-state index in [0.29, 0.717) is 29.1 Å². The number of anilines is 2. The summed E-state index contributed by atoms with van der Waals surface area (Å²) in [5.41, 5.74) is 9.19. The minimum Gasteiger partial charge on any atom is -0.383 e. The molecule has 4 aromatic rings. The molecule has 3 heterocycles. The van der Waals surface area contributed by atoms with Crippen LogP contribution in [0.4, 0.5) is 11.8 Å². The van der Waals surface area contributed by atoms with E-state index in [2.05, 4.69) is 60.7 Å². The largest absolute Gasteiger partial charge is 0.383 e. The van der Waals surface area contributed by atoms with E-state index in [4.69, 9.17) is 5.73 Å². The Balaban J connectivity index is 1.30. The molecule has 2 N–H and O–H groups in total. The third-order valence-corrected chi connectivity index (χ3v) is 5.78. The van der Waals surface area contributed by atoms with Crippen LogP contribution >= 0.6 is 0 Å². The summed E-state index contributed by atoms with van der Waals surface area (Å²) in [4.78, 5) is 11.4. The molecule has 31 heavy (non-hydrogen) atoms. The number of nitrogens with zero attached hydrogens (tertiary/aromatic N) is 7. The zero-order valence-corrected chi connectivity index (χ0v) is 17.2. The predicted molar refractivity (Wildman–Crippen MR) is 120 cm³/mol. The van der Waals surface area contributed by atoms with Crippen molar-refractivity contribution in [2.45, 2.75) is 19.3 Å². The summed E-state index contributed by atoms with van der Waals surface area (Å²) in [5.74, 6) is 2.25. The third kappa shape index (κ3) is 4.09. The zero-order valence-electron chi connectivity index (χ0n) is 17.2. The minimum absolute atomic E-state index is 0.378. The van der Waals surface area contributed by atoms with E-state index in [1.165, 1.54) is 5.56 Å². The number of hydrogen-bond donors (Lipinski definition) is 1. The van der Waals surface area contributed by atoms with Crippen LogP contribution in [0.5, 0.6) is 0 Å². The van der Waals surface area contributed by atoms with Gasteiger partial charge in [0.05, 0.1) is 11.3 Å². The summed E-state index contributed by atoms with van der Waals surface area (Å²) >= 11 is 0. The van der Waals surface area contributed by atoms with Crippen molar-refractivity contribution in [1.29, 1.82) is 0 Å². The number of rotatable bonds is 5. The predicted octanol–water partition coefficient (Wildman–Crippen LogP) is 3.16. The number of piperidine rings is 1. The van der Waals surface area contributed by atoms with E-state index < -0.39 is 0 Å². The lowest BCUT2D eigenvalue weighted by molar-refractivity contribution is 0.400. The average molecular weight is 413 g/mol. The van der Waals surface area contributed by atoms with Crippen molar-refractivity contribution in [1.82, 2.24) is 30.2 Å². The Kier molecular flexibility index (Phi) is 5.26. The van der Waals surface area contributed by atoms with E-state index >= 15 is 0 Å². The first-order valence-electron chi connectivity index (χ1n) is 10.5. The third-order valence-electron chi connectivity index (χ3n) is 5.78. The van der Waals surface area contributed by atoms with Crippen LogP contribution < -0.4 is 10.6 Å². The molecule has 1 aliphatic rings. The Bertz CT molecular complexity index is 1130. The Labute approximate surface area is 180 Å². The van der Waals surface area contributed by atoms with Gasteiger partial charge in [-0.05, 0) is 53.3 Å². The lowest BCUT2D eigenvalue weighted by Gasteiger charge is -2.32. The van der Waals surface area contributed by atoms with Gasteiger partial charge in [0.2, 0.25) is 5.95 Å². The molecule has 8 nitrogen and oxygen atoms in total. The Morgan fingerprint density at radius 2 is 1.65 bits per heavy atom. The summed E-state index contributed by atoms with van der Waals surface area (Å²) < 4.78 is 1.64. The molecular formula is C23H24N8. The molecule has 2 aromatic heterocycles. The van der Waals surface area contributed by atoms with Gasteiger partial charge in [0.1, 0.15) is 5.82 Å². The lowest BCUT2D eigenvalue weighted by Crippen LogP contribution is -2.35. The van der Waals surface area contributed by atoms with Crippen LogP contribution in [0.2, 0.25) is 0 Å². The van der Waals surface area contributed by atoms with E-state index in [0.717, 1.165) is 38.0 Å². The Hall–Kier alpha value is -3.81. The van der Waals surface area contributed by atoms with Crippen LogP contribution in [0.3, 0.4) is 0 Å². The van der Waals surface area contributed by atoms with Gasteiger partial charge in [-0.3, -0.25) is 0 Å². The van der Waals surface area contributed by atoms with E-state index in [9.17, 15) is 0 Å². The van der Waals surface area contributed by atoms with Crippen LogP contribution in [0.15, 0.2) is 66.9 Å². The molecule has 0 saturated carbocycles. The van der Waals surface area contributed by atoms with Gasteiger partial charge >= 0.3 is 0 Å². The molecular weight excluding hydrogens is 388 g/mol. The molecule has 1 aliphatic heterocycles. The van der Waals surface area contributed by atoms with Crippen molar-refractivity contribution in [3.63, 3.8) is 0 Å². The summed E-state index contributed by atoms with van der Waals surface area (Å²) in [6.45, 7) is 1.86. The van der Waals surface area contributed by atoms with Gasteiger partial charge in [0.15, 0.2) is 5.82 Å². The highest BCUT2D eigenvalue weighted by molar-refractivity contribution is 5.69. The Morgan fingerprint density at radius 1 is 0.935 bits per heavy atom. The van der Waals surface area contributed by atoms with Gasteiger partial charge in [-0.25, -0.2) is 4.98 Å². The highest BCUT2D eigenvalue weighted by Crippen LogP contribution is 2.28. The van der Waals surface area contributed by atoms with E-state index in [1.54, 1.807) is 10.9 Å². The van der Waals surface area contributed by atoms with Crippen molar-refractivity contribution < 1.29 is 0 Å². The fourth-order valence-electron chi connectivity index (χ4n) is 4.09. The molecule has 0 bridgehead atoms. The molecule has 0 unspecified atom stereocenters. The fourth-order valence-corrected chi connectivity index (χ4v) is 4.09. The number of benzene rings is 2. The maximum atomic E-state index is 6.31. The summed E-state index contributed by atoms with van der Waals surface area (Å²) in [6.07, 6.45) is 5.08. The second kappa shape index (κ2) is 8.51. The summed E-state index contributed by atoms with van der Waals surface area (Å²) in [6, 6.07) is 20.4. The zero-order chi connectivity index (χ0) is 21.0. The van der Waals surface area contributed by atoms with Crippen molar-refractivity contribution in [3.8, 4) is 17.1 Å². The monoisotopic (exact) mass is 412 g/mol. The van der Waals surface area contributed by atoms with Gasteiger partial charge in [-0.1, -0.05) is 48.5 Å². The van der Waals surface area contributed by atoms with Crippen molar-refractivity contribution in [3.05, 3.63) is 72.4 Å². The lowest BCUT2D eigenvalue weighted by atomic mass is 9.90. The fraction of sp³-hybridized carbons (Fsp3) is 0.261. The first-order valence-corrected chi connectivity index (χ1v) is 10.5. The first kappa shape index (κ1) is 19.2. The molecule has 156 valence electrons. The highest BCUT2D eigenvalue weighted by Gasteiger charge is 2.23. The molecule has 1 fully saturated rings. The molecule has 0 spiro atoms. The molecule has 0 aliphatic carbocycles. The number of para-hydroxylation sites is 1. The van der Waals surface area contributed by atoms with E-state index in [-0.39, 0.29) is 0 Å². The van der Waals surface area contributed by atoms with Crippen LogP contribution in [0.25, 0.3) is 17.1 Å². The molecule has 2 aromatic carbocycles. The number of nitrogen functional groups attached to an aromatic ring is 1. The molecule has 0 amide bonds. The van der Waals surface area contributed by atoms with Gasteiger partial charge in [0, 0.05) is 19.3 Å². The SMILES string of the molecule is Nc1nc(N2CCC(Cc3ccccc3)CC2)ncc1-c1nnnn1-c1ccccc1. The minimum atomic E-state index is 0.378. The van der Waals surface area contributed by atoms with Crippen molar-refractivity contribution in [2.75, 3.05) is 23.7 Å². The number of hydrogen-bond acceptors (Lipinski definition) is 7. The van der Waals surface area contributed by atoms with Crippen LogP contribution in [-0.4, -0.2) is 43.3 Å². The van der Waals surface area contributed by atoms with Gasteiger partial charge < -0.3 is 10.6 Å². The summed E-state index contributed by atoms with van der Waals surface area (Å²) in [7, 11) is 0. The smallest absolute Gasteiger partial charge is 0.227 e. The van der Waals surface area contributed by atoms with Gasteiger partial charge in [-0.15, -0.1) is 5.10 Å². The first-order chi connectivity index (χ1) is 15.3. The van der Waals surface area contributed by atoms with E-state index in [1.807, 2.05) is 30.3 Å². The van der Waals surface area contributed by atoms with Crippen LogP contribution in [0.1, 0.15) is 18.4 Å². The molecule has 8 heteroatoms. The summed E-state index contributed by atoms with van der Waals surface area (Å²) in [5, 5.41) is 12.0. The van der Waals surface area contributed by atoms with Crippen molar-refractivity contribution >= 4 is 11.8 Å². The van der Waals surface area contributed by atoms with Gasteiger partial charge in [0.25, 0.3) is 0 Å². The Morgan fingerprint density at radius 3 is 2.35 bits per heavy atom. The maximum Gasteiger partial charge on any atom is 0.227 e. The molecule has 1 saturated heterocycles. The highest BCUT2D eigenvalue weighted by atomic mass is 15.5. The number of nitrogens with two attached hydrogens (primary N) is 1. The maximum absolute atomic E-state index is 6.31. The second-order valence-corrected chi connectivity index (χ2v) is 7.84. The van der Waals surface area contributed by atoms with Gasteiger partial charge in [-0.2, -0.15) is 9.67 Å². The molecule has 5 rings (SSSR count).